The van der Waals surface area contributed by atoms with Crippen LogP contribution in [-0.2, 0) is 16.8 Å². The lowest BCUT2D eigenvalue weighted by molar-refractivity contribution is 0.536. The molecule has 16 heavy (non-hydrogen) atoms. The van der Waals surface area contributed by atoms with E-state index in [9.17, 15) is 8.76 Å². The molecule has 1 unspecified atom stereocenters. The van der Waals surface area contributed by atoms with Crippen molar-refractivity contribution in [3.63, 3.8) is 0 Å². The Bertz CT molecular complexity index is 384. The molecule has 0 heterocycles. The fraction of sp³-hybridized carbons (Fsp3) is 0.538. The lowest BCUT2D eigenvalue weighted by Gasteiger charge is -2.17. The van der Waals surface area contributed by atoms with Crippen LogP contribution in [0.3, 0.4) is 0 Å². The van der Waals surface area contributed by atoms with Gasteiger partial charge in [0, 0.05) is 5.75 Å². The molecule has 0 aliphatic rings. The molecule has 1 atom stereocenters. The standard InChI is InChI=1S/C13H20O2S/c1-9(2)11-5-6-12(8-16(14)15)13(7-11)10(3)4/h5-7,9-10H,8H2,1-4H3,(H,14,15)/p-1. The Hall–Kier alpha value is -0.670. The van der Waals surface area contributed by atoms with Crippen LogP contribution in [0, 0.1) is 0 Å². The molecule has 0 saturated carbocycles. The van der Waals surface area contributed by atoms with Crippen molar-refractivity contribution in [2.24, 2.45) is 0 Å². The van der Waals surface area contributed by atoms with E-state index in [4.69, 9.17) is 0 Å². The molecule has 90 valence electrons. The van der Waals surface area contributed by atoms with Crippen LogP contribution in [0.2, 0.25) is 0 Å². The van der Waals surface area contributed by atoms with Crippen LogP contribution >= 0.6 is 0 Å². The van der Waals surface area contributed by atoms with Crippen molar-refractivity contribution in [3.8, 4) is 0 Å². The lowest BCUT2D eigenvalue weighted by atomic mass is 9.92. The number of hydrogen-bond donors (Lipinski definition) is 0. The zero-order valence-electron chi connectivity index (χ0n) is 10.3. The average Bonchev–Trinajstić information content (AvgIpc) is 2.16. The monoisotopic (exact) mass is 239 g/mol. The van der Waals surface area contributed by atoms with Crippen LogP contribution in [0.4, 0.5) is 0 Å². The van der Waals surface area contributed by atoms with Gasteiger partial charge in [0.2, 0.25) is 0 Å². The molecule has 0 radical (unpaired) electrons. The molecule has 0 spiro atoms. The fourth-order valence-corrected chi connectivity index (χ4v) is 2.29. The Labute approximate surface area is 100 Å². The van der Waals surface area contributed by atoms with Gasteiger partial charge in [0.25, 0.3) is 0 Å². The predicted octanol–water partition coefficient (Wildman–Crippen LogP) is 3.31. The Kier molecular flexibility index (Phi) is 4.69. The smallest absolute Gasteiger partial charge is 0.0356 e. The summed E-state index contributed by atoms with van der Waals surface area (Å²) in [6, 6.07) is 6.11. The molecule has 2 nitrogen and oxygen atoms in total. The summed E-state index contributed by atoms with van der Waals surface area (Å²) in [6.45, 7) is 8.48. The van der Waals surface area contributed by atoms with Gasteiger partial charge < -0.3 is 4.55 Å². The summed E-state index contributed by atoms with van der Waals surface area (Å²) in [5.41, 5.74) is 3.34. The molecule has 0 aromatic heterocycles. The first-order valence-electron chi connectivity index (χ1n) is 5.60. The molecular weight excluding hydrogens is 220 g/mol. The third kappa shape index (κ3) is 3.42. The summed E-state index contributed by atoms with van der Waals surface area (Å²) < 4.78 is 21.5. The van der Waals surface area contributed by atoms with Gasteiger partial charge in [0.1, 0.15) is 0 Å². The van der Waals surface area contributed by atoms with E-state index in [-0.39, 0.29) is 5.75 Å². The minimum Gasteiger partial charge on any atom is -0.772 e. The summed E-state index contributed by atoms with van der Waals surface area (Å²) in [5.74, 6) is 0.952. The van der Waals surface area contributed by atoms with Gasteiger partial charge in [-0.2, -0.15) is 0 Å². The predicted molar refractivity (Wildman–Crippen MR) is 67.2 cm³/mol. The topological polar surface area (TPSA) is 40.1 Å². The maximum atomic E-state index is 10.8. The van der Waals surface area contributed by atoms with Crippen LogP contribution in [0.25, 0.3) is 0 Å². The molecule has 1 aromatic rings. The van der Waals surface area contributed by atoms with Gasteiger partial charge in [-0.15, -0.1) is 0 Å². The second-order valence-corrected chi connectivity index (χ2v) is 5.61. The number of hydrogen-bond acceptors (Lipinski definition) is 2. The summed E-state index contributed by atoms with van der Waals surface area (Å²) in [4.78, 5) is 0. The molecule has 3 heteroatoms. The highest BCUT2D eigenvalue weighted by Crippen LogP contribution is 2.25. The first-order valence-corrected chi connectivity index (χ1v) is 6.84. The molecule has 0 bridgehead atoms. The SMILES string of the molecule is CC(C)c1ccc(CS(=O)[O-])c(C(C)C)c1. The Morgan fingerprint density at radius 3 is 2.25 bits per heavy atom. The van der Waals surface area contributed by atoms with E-state index >= 15 is 0 Å². The van der Waals surface area contributed by atoms with Crippen LogP contribution in [0.5, 0.6) is 0 Å². The van der Waals surface area contributed by atoms with Gasteiger partial charge in [0.05, 0.1) is 0 Å². The Balaban J connectivity index is 3.14. The third-order valence-electron chi connectivity index (χ3n) is 2.73. The zero-order chi connectivity index (χ0) is 12.3. The Morgan fingerprint density at radius 2 is 1.81 bits per heavy atom. The summed E-state index contributed by atoms with van der Waals surface area (Å²) >= 11 is -2.01. The molecule has 0 aliphatic carbocycles. The normalized spacial score (nSPS) is 13.4. The molecular formula is C13H19O2S-. The van der Waals surface area contributed by atoms with Gasteiger partial charge in [-0.05, 0) is 28.5 Å². The van der Waals surface area contributed by atoms with E-state index in [0.717, 1.165) is 11.1 Å². The molecule has 0 saturated heterocycles. The fourth-order valence-electron chi connectivity index (χ4n) is 1.77. The minimum atomic E-state index is -2.01. The largest absolute Gasteiger partial charge is 0.772 e. The molecule has 0 N–H and O–H groups in total. The second-order valence-electron chi connectivity index (χ2n) is 4.72. The van der Waals surface area contributed by atoms with Crippen molar-refractivity contribution in [2.75, 3.05) is 0 Å². The average molecular weight is 239 g/mol. The third-order valence-corrected chi connectivity index (χ3v) is 3.28. The van der Waals surface area contributed by atoms with Crippen LogP contribution in [0.15, 0.2) is 18.2 Å². The van der Waals surface area contributed by atoms with Gasteiger partial charge in [0.15, 0.2) is 0 Å². The maximum Gasteiger partial charge on any atom is 0.0356 e. The maximum absolute atomic E-state index is 10.8. The number of benzene rings is 1. The van der Waals surface area contributed by atoms with Crippen molar-refractivity contribution in [2.45, 2.75) is 45.3 Å². The van der Waals surface area contributed by atoms with Crippen molar-refractivity contribution >= 4 is 11.1 Å². The van der Waals surface area contributed by atoms with Gasteiger partial charge in [-0.1, -0.05) is 57.0 Å². The summed E-state index contributed by atoms with van der Waals surface area (Å²) in [5, 5.41) is 0. The first-order chi connectivity index (χ1) is 7.41. The first kappa shape index (κ1) is 13.4. The quantitative estimate of drug-likeness (QED) is 0.756. The van der Waals surface area contributed by atoms with Crippen LogP contribution in [0.1, 0.15) is 56.2 Å². The minimum absolute atomic E-state index is 0.117. The van der Waals surface area contributed by atoms with E-state index in [1.165, 1.54) is 5.56 Å². The van der Waals surface area contributed by atoms with Crippen LogP contribution < -0.4 is 0 Å². The van der Waals surface area contributed by atoms with Crippen LogP contribution in [-0.4, -0.2) is 8.76 Å². The van der Waals surface area contributed by atoms with E-state index < -0.39 is 11.1 Å². The van der Waals surface area contributed by atoms with Gasteiger partial charge >= 0.3 is 0 Å². The lowest BCUT2D eigenvalue weighted by Crippen LogP contribution is -2.02. The highest BCUT2D eigenvalue weighted by molar-refractivity contribution is 7.78. The van der Waals surface area contributed by atoms with Crippen molar-refractivity contribution in [3.05, 3.63) is 34.9 Å². The van der Waals surface area contributed by atoms with Gasteiger partial charge in [-0.25, -0.2) is 0 Å². The number of rotatable bonds is 4. The van der Waals surface area contributed by atoms with E-state index in [1.54, 1.807) is 0 Å². The molecule has 1 aromatic carbocycles. The van der Waals surface area contributed by atoms with E-state index in [1.807, 2.05) is 12.1 Å². The highest BCUT2D eigenvalue weighted by Gasteiger charge is 2.09. The Morgan fingerprint density at radius 1 is 1.19 bits per heavy atom. The van der Waals surface area contributed by atoms with E-state index in [2.05, 4.69) is 33.8 Å². The summed E-state index contributed by atoms with van der Waals surface area (Å²) in [7, 11) is 0. The molecule has 0 aliphatic heterocycles. The van der Waals surface area contributed by atoms with Crippen molar-refractivity contribution in [1.82, 2.24) is 0 Å². The van der Waals surface area contributed by atoms with Crippen molar-refractivity contribution in [1.29, 1.82) is 0 Å². The molecule has 0 amide bonds. The summed E-state index contributed by atoms with van der Waals surface area (Å²) in [6.07, 6.45) is 0. The highest BCUT2D eigenvalue weighted by atomic mass is 32.2. The zero-order valence-corrected chi connectivity index (χ0v) is 11.1. The van der Waals surface area contributed by atoms with E-state index in [0.29, 0.717) is 11.8 Å². The van der Waals surface area contributed by atoms with Gasteiger partial charge in [-0.3, -0.25) is 4.21 Å². The molecule has 1 rings (SSSR count). The van der Waals surface area contributed by atoms with Crippen molar-refractivity contribution < 1.29 is 8.76 Å². The second kappa shape index (κ2) is 5.60. The molecule has 0 fully saturated rings.